The normalized spacial score (nSPS) is 13.0. The third-order valence-corrected chi connectivity index (χ3v) is 1.54. The van der Waals surface area contributed by atoms with Gasteiger partial charge in [0, 0.05) is 0 Å². The number of aliphatic hydroxyl groups is 1. The van der Waals surface area contributed by atoms with Crippen molar-refractivity contribution in [1.29, 1.82) is 0 Å². The highest BCUT2D eigenvalue weighted by Crippen LogP contribution is 2.09. The van der Waals surface area contributed by atoms with Crippen LogP contribution in [0, 0.1) is 5.82 Å². The summed E-state index contributed by atoms with van der Waals surface area (Å²) in [5, 5.41) is 9.08. The van der Waals surface area contributed by atoms with Gasteiger partial charge in [0.2, 0.25) is 0 Å². The fraction of sp³-hybridized carbons (Fsp3) is 0.250. The predicted molar refractivity (Wildman–Crippen MR) is 42.4 cm³/mol. The first kappa shape index (κ1) is 8.27. The molecule has 1 rings (SSSR count). The average molecular weight is 150 g/mol. The largest absolute Gasteiger partial charge is 0.389 e. The van der Waals surface area contributed by atoms with Crippen molar-refractivity contribution in [3.05, 3.63) is 29.6 Å². The molecule has 11 heavy (non-hydrogen) atoms. The molecule has 0 aliphatic carbocycles. The van der Waals surface area contributed by atoms with E-state index in [1.165, 1.54) is 12.1 Å². The van der Waals surface area contributed by atoms with E-state index in [0.29, 0.717) is 5.56 Å². The lowest BCUT2D eigenvalue weighted by molar-refractivity contribution is 0.200. The molecule has 3 heteroatoms. The number of rotatable bonds is 1. The molecule has 0 amide bonds. The maximum Gasteiger partial charge on any atom is 0.118 e. The van der Waals surface area contributed by atoms with Crippen molar-refractivity contribution in [2.45, 2.75) is 13.0 Å². The number of hydrogen-bond donors (Lipinski definition) is 1. The Balaban J connectivity index is 3.17. The third-order valence-electron chi connectivity index (χ3n) is 1.54. The lowest BCUT2D eigenvalue weighted by Gasteiger charge is -2.08. The van der Waals surface area contributed by atoms with E-state index in [9.17, 15) is 4.39 Å². The molecule has 1 N–H and O–H groups in total. The van der Waals surface area contributed by atoms with Gasteiger partial charge in [0.25, 0.3) is 0 Å². The first-order valence-corrected chi connectivity index (χ1v) is 3.35. The minimum Gasteiger partial charge on any atom is -0.389 e. The average Bonchev–Trinajstić information content (AvgIpc) is 1.94. The van der Waals surface area contributed by atoms with Gasteiger partial charge in [0.05, 0.1) is 6.10 Å². The second kappa shape index (κ2) is 3.05. The van der Waals surface area contributed by atoms with Gasteiger partial charge < -0.3 is 5.11 Å². The Morgan fingerprint density at radius 3 is 2.64 bits per heavy atom. The van der Waals surface area contributed by atoms with Crippen molar-refractivity contribution >= 4 is 13.3 Å². The molecule has 0 fully saturated rings. The standard InChI is InChI=1S/C8H8BFO/c1-5(11)6-3-2-4-7(10)8(6)9/h2-5,11H,1H3/t5-/m1/s1. The maximum atomic E-state index is 12.7. The van der Waals surface area contributed by atoms with Crippen LogP contribution in [0.3, 0.4) is 0 Å². The number of benzene rings is 1. The van der Waals surface area contributed by atoms with Gasteiger partial charge in [0.15, 0.2) is 0 Å². The van der Waals surface area contributed by atoms with Crippen LogP contribution in [-0.4, -0.2) is 13.0 Å². The first-order chi connectivity index (χ1) is 5.13. The summed E-state index contributed by atoms with van der Waals surface area (Å²) in [4.78, 5) is 0. The molecule has 56 valence electrons. The predicted octanol–water partition coefficient (Wildman–Crippen LogP) is 0.673. The van der Waals surface area contributed by atoms with E-state index in [-0.39, 0.29) is 5.46 Å². The fourth-order valence-corrected chi connectivity index (χ4v) is 0.918. The zero-order valence-corrected chi connectivity index (χ0v) is 6.21. The molecule has 0 saturated heterocycles. The Morgan fingerprint density at radius 2 is 2.18 bits per heavy atom. The van der Waals surface area contributed by atoms with Crippen LogP contribution in [-0.2, 0) is 0 Å². The summed E-state index contributed by atoms with van der Waals surface area (Å²) >= 11 is 0. The second-order valence-corrected chi connectivity index (χ2v) is 2.42. The van der Waals surface area contributed by atoms with E-state index in [4.69, 9.17) is 13.0 Å². The lowest BCUT2D eigenvalue weighted by atomic mass is 9.88. The van der Waals surface area contributed by atoms with E-state index in [1.54, 1.807) is 13.0 Å². The van der Waals surface area contributed by atoms with Crippen molar-refractivity contribution in [2.75, 3.05) is 0 Å². The summed E-state index contributed by atoms with van der Waals surface area (Å²) in [6.45, 7) is 1.55. The van der Waals surface area contributed by atoms with Gasteiger partial charge in [-0.3, -0.25) is 0 Å². The van der Waals surface area contributed by atoms with Crippen LogP contribution >= 0.6 is 0 Å². The molecule has 2 radical (unpaired) electrons. The fourth-order valence-electron chi connectivity index (χ4n) is 0.918. The third kappa shape index (κ3) is 1.60. The van der Waals surface area contributed by atoms with Gasteiger partial charge in [-0.05, 0) is 18.6 Å². The van der Waals surface area contributed by atoms with Gasteiger partial charge in [-0.2, -0.15) is 0 Å². The Morgan fingerprint density at radius 1 is 1.55 bits per heavy atom. The van der Waals surface area contributed by atoms with Crippen LogP contribution < -0.4 is 5.46 Å². The Kier molecular flexibility index (Phi) is 2.30. The van der Waals surface area contributed by atoms with E-state index >= 15 is 0 Å². The zero-order chi connectivity index (χ0) is 8.43. The number of hydrogen-bond acceptors (Lipinski definition) is 1. The summed E-state index contributed by atoms with van der Waals surface area (Å²) in [6, 6.07) is 4.39. The SMILES string of the molecule is [B]c1c(F)cccc1[C@@H](C)O. The Labute approximate surface area is 66.3 Å². The lowest BCUT2D eigenvalue weighted by Crippen LogP contribution is -2.16. The zero-order valence-electron chi connectivity index (χ0n) is 6.21. The maximum absolute atomic E-state index is 12.7. The van der Waals surface area contributed by atoms with Crippen molar-refractivity contribution in [2.24, 2.45) is 0 Å². The molecule has 1 atom stereocenters. The van der Waals surface area contributed by atoms with Crippen LogP contribution in [0.4, 0.5) is 4.39 Å². The van der Waals surface area contributed by atoms with Crippen LogP contribution in [0.25, 0.3) is 0 Å². The van der Waals surface area contributed by atoms with E-state index in [1.807, 2.05) is 0 Å². The molecule has 1 aromatic rings. The topological polar surface area (TPSA) is 20.2 Å². The van der Waals surface area contributed by atoms with Gasteiger partial charge in [-0.15, -0.1) is 0 Å². The van der Waals surface area contributed by atoms with Crippen molar-refractivity contribution in [3.63, 3.8) is 0 Å². The number of halogens is 1. The molecule has 1 aromatic carbocycles. The van der Waals surface area contributed by atoms with Crippen LogP contribution in [0.1, 0.15) is 18.6 Å². The van der Waals surface area contributed by atoms with Gasteiger partial charge in [0.1, 0.15) is 13.7 Å². The molecule has 0 aliphatic rings. The van der Waals surface area contributed by atoms with Crippen LogP contribution in [0.2, 0.25) is 0 Å². The summed E-state index contributed by atoms with van der Waals surface area (Å²) < 4.78 is 12.7. The summed E-state index contributed by atoms with van der Waals surface area (Å²) in [5.41, 5.74) is 0.465. The van der Waals surface area contributed by atoms with Crippen molar-refractivity contribution < 1.29 is 9.50 Å². The molecular weight excluding hydrogens is 142 g/mol. The highest BCUT2D eigenvalue weighted by molar-refractivity contribution is 6.33. The molecule has 0 unspecified atom stereocenters. The minimum atomic E-state index is -0.717. The van der Waals surface area contributed by atoms with Gasteiger partial charge in [-0.1, -0.05) is 17.6 Å². The van der Waals surface area contributed by atoms with Crippen molar-refractivity contribution in [3.8, 4) is 0 Å². The smallest absolute Gasteiger partial charge is 0.118 e. The first-order valence-electron chi connectivity index (χ1n) is 3.35. The monoisotopic (exact) mass is 150 g/mol. The molecule has 0 aromatic heterocycles. The molecule has 0 saturated carbocycles. The summed E-state index contributed by atoms with van der Waals surface area (Å²) in [7, 11) is 5.35. The van der Waals surface area contributed by atoms with E-state index in [2.05, 4.69) is 0 Å². The van der Waals surface area contributed by atoms with E-state index in [0.717, 1.165) is 0 Å². The molecule has 0 spiro atoms. The van der Waals surface area contributed by atoms with Gasteiger partial charge >= 0.3 is 0 Å². The van der Waals surface area contributed by atoms with Gasteiger partial charge in [-0.25, -0.2) is 4.39 Å². The quantitative estimate of drug-likeness (QED) is 0.583. The van der Waals surface area contributed by atoms with Crippen LogP contribution in [0.15, 0.2) is 18.2 Å². The van der Waals surface area contributed by atoms with Crippen molar-refractivity contribution in [1.82, 2.24) is 0 Å². The molecule has 0 bridgehead atoms. The minimum absolute atomic E-state index is 0.0301. The molecule has 0 heterocycles. The highest BCUT2D eigenvalue weighted by Gasteiger charge is 2.06. The molecule has 1 nitrogen and oxygen atoms in total. The molecule has 0 aliphatic heterocycles. The summed E-state index contributed by atoms with van der Waals surface area (Å²) in [5.74, 6) is -0.483. The molecular formula is C8H8BFO. The highest BCUT2D eigenvalue weighted by atomic mass is 19.1. The second-order valence-electron chi connectivity index (χ2n) is 2.42. The van der Waals surface area contributed by atoms with E-state index < -0.39 is 11.9 Å². The Hall–Kier alpha value is -0.825. The summed E-state index contributed by atoms with van der Waals surface area (Å²) in [6.07, 6.45) is -0.717. The Bertz CT molecular complexity index is 260. The number of aliphatic hydroxyl groups excluding tert-OH is 1. The van der Waals surface area contributed by atoms with Crippen LogP contribution in [0.5, 0.6) is 0 Å².